The highest BCUT2D eigenvalue weighted by atomic mass is 19.1. The molecule has 0 saturated heterocycles. The molecule has 5 N–H and O–H groups in total. The molecule has 2 aromatic rings. The van der Waals surface area contributed by atoms with Gasteiger partial charge in [-0.25, -0.2) is 8.78 Å². The molecule has 0 aliphatic rings. The summed E-state index contributed by atoms with van der Waals surface area (Å²) >= 11 is 0. The van der Waals surface area contributed by atoms with E-state index in [0.717, 1.165) is 0 Å². The summed E-state index contributed by atoms with van der Waals surface area (Å²) in [6.45, 7) is 0.493. The Hall–Kier alpha value is -2.31. The molecule has 0 bridgehead atoms. The maximum Gasteiger partial charge on any atom is 0.228 e. The lowest BCUT2D eigenvalue weighted by molar-refractivity contribution is -0.130. The molecule has 4 nitrogen and oxygen atoms in total. The molecule has 6 heteroatoms. The van der Waals surface area contributed by atoms with Crippen molar-refractivity contribution in [2.45, 2.75) is 12.8 Å². The first-order chi connectivity index (χ1) is 12.0. The van der Waals surface area contributed by atoms with E-state index >= 15 is 0 Å². The van der Waals surface area contributed by atoms with Crippen LogP contribution in [0.1, 0.15) is 11.1 Å². The van der Waals surface area contributed by atoms with Crippen LogP contribution < -0.4 is 16.8 Å². The van der Waals surface area contributed by atoms with Crippen LogP contribution in [0.5, 0.6) is 0 Å². The van der Waals surface area contributed by atoms with E-state index in [2.05, 4.69) is 5.32 Å². The Kier molecular flexibility index (Phi) is 6.61. The lowest BCUT2D eigenvalue weighted by Gasteiger charge is -2.32. The molecule has 0 unspecified atom stereocenters. The normalized spacial score (nSPS) is 11.4. The van der Waals surface area contributed by atoms with Crippen molar-refractivity contribution in [1.82, 2.24) is 5.32 Å². The molecule has 0 saturated carbocycles. The number of nitrogens with two attached hydrogens (primary N) is 2. The number of nitrogens with one attached hydrogen (secondary N) is 1. The first-order valence-electron chi connectivity index (χ1n) is 8.17. The zero-order valence-electron chi connectivity index (χ0n) is 14.0. The van der Waals surface area contributed by atoms with Gasteiger partial charge in [-0.05, 0) is 36.1 Å². The minimum atomic E-state index is -1.17. The van der Waals surface area contributed by atoms with E-state index in [0.29, 0.717) is 11.1 Å². The van der Waals surface area contributed by atoms with E-state index in [1.807, 2.05) is 0 Å². The summed E-state index contributed by atoms with van der Waals surface area (Å²) in [6, 6.07) is 12.4. The van der Waals surface area contributed by atoms with Crippen LogP contribution in [0.3, 0.4) is 0 Å². The van der Waals surface area contributed by atoms with Gasteiger partial charge >= 0.3 is 0 Å². The number of hydrogen-bond acceptors (Lipinski definition) is 3. The first kappa shape index (κ1) is 19.0. The number of benzene rings is 2. The Morgan fingerprint density at radius 3 is 1.80 bits per heavy atom. The van der Waals surface area contributed by atoms with E-state index in [1.54, 1.807) is 36.4 Å². The van der Waals surface area contributed by atoms with Crippen molar-refractivity contribution < 1.29 is 13.6 Å². The lowest BCUT2D eigenvalue weighted by Crippen LogP contribution is -2.50. The van der Waals surface area contributed by atoms with E-state index in [4.69, 9.17) is 11.5 Å². The summed E-state index contributed by atoms with van der Waals surface area (Å²) in [6.07, 6.45) is 0.141. The molecule has 0 spiro atoms. The van der Waals surface area contributed by atoms with E-state index in [-0.39, 0.29) is 38.4 Å². The highest BCUT2D eigenvalue weighted by molar-refractivity contribution is 5.83. The minimum Gasteiger partial charge on any atom is -0.354 e. The smallest absolute Gasteiger partial charge is 0.228 e. The van der Waals surface area contributed by atoms with E-state index in [1.165, 1.54) is 12.1 Å². The van der Waals surface area contributed by atoms with Crippen molar-refractivity contribution in [1.29, 1.82) is 0 Å². The standard InChI is InChI=1S/C19H23F2N3O/c20-16-7-3-1-5-14(16)11-19(13-23,18(25)24-10-9-22)12-15-6-2-4-8-17(15)21/h1-8H,9-13,22-23H2,(H,24,25). The van der Waals surface area contributed by atoms with Crippen LogP contribution in [0.25, 0.3) is 0 Å². The number of hydrogen-bond donors (Lipinski definition) is 3. The Balaban J connectivity index is 2.40. The van der Waals surface area contributed by atoms with Gasteiger partial charge in [0, 0.05) is 19.6 Å². The van der Waals surface area contributed by atoms with Crippen molar-refractivity contribution in [3.63, 3.8) is 0 Å². The molecule has 2 rings (SSSR count). The maximum absolute atomic E-state index is 14.1. The molecule has 25 heavy (non-hydrogen) atoms. The number of rotatable bonds is 8. The Bertz CT molecular complexity index is 674. The maximum atomic E-state index is 14.1. The largest absolute Gasteiger partial charge is 0.354 e. The van der Waals surface area contributed by atoms with Crippen molar-refractivity contribution in [3.8, 4) is 0 Å². The number of carbonyl (C=O) groups excluding carboxylic acids is 1. The van der Waals surface area contributed by atoms with Gasteiger partial charge < -0.3 is 16.8 Å². The minimum absolute atomic E-state index is 0.0495. The van der Waals surface area contributed by atoms with Gasteiger partial charge in [0.1, 0.15) is 11.6 Å². The molecule has 0 fully saturated rings. The summed E-state index contributed by atoms with van der Waals surface area (Å²) in [5.41, 5.74) is 11.0. The summed E-state index contributed by atoms with van der Waals surface area (Å²) in [4.78, 5) is 12.8. The number of amides is 1. The zero-order chi connectivity index (χ0) is 18.3. The highest BCUT2D eigenvalue weighted by Gasteiger charge is 2.38. The third-order valence-electron chi connectivity index (χ3n) is 4.28. The third kappa shape index (κ3) is 4.61. The van der Waals surface area contributed by atoms with Crippen molar-refractivity contribution in [3.05, 3.63) is 71.3 Å². The molecule has 0 aliphatic carbocycles. The number of halogens is 2. The summed E-state index contributed by atoms with van der Waals surface area (Å²) in [5, 5.41) is 2.71. The average molecular weight is 347 g/mol. The molecule has 0 aromatic heterocycles. The molecular weight excluding hydrogens is 324 g/mol. The van der Waals surface area contributed by atoms with Gasteiger partial charge in [-0.1, -0.05) is 36.4 Å². The quantitative estimate of drug-likeness (QED) is 0.681. The number of carbonyl (C=O) groups is 1. The third-order valence-corrected chi connectivity index (χ3v) is 4.28. The summed E-state index contributed by atoms with van der Waals surface area (Å²) in [7, 11) is 0. The summed E-state index contributed by atoms with van der Waals surface area (Å²) in [5.74, 6) is -1.19. The second-order valence-electron chi connectivity index (χ2n) is 6.07. The second kappa shape index (κ2) is 8.69. The molecular formula is C19H23F2N3O. The fourth-order valence-corrected chi connectivity index (χ4v) is 2.85. The van der Waals surface area contributed by atoms with Gasteiger partial charge in [-0.2, -0.15) is 0 Å². The zero-order valence-corrected chi connectivity index (χ0v) is 14.0. The molecule has 1 amide bonds. The topological polar surface area (TPSA) is 81.1 Å². The Labute approximate surface area is 146 Å². The van der Waals surface area contributed by atoms with Gasteiger partial charge in [0.15, 0.2) is 0 Å². The van der Waals surface area contributed by atoms with E-state index < -0.39 is 17.0 Å². The molecule has 0 radical (unpaired) electrons. The molecule has 0 aliphatic heterocycles. The van der Waals surface area contributed by atoms with Gasteiger partial charge in [0.25, 0.3) is 0 Å². The van der Waals surface area contributed by atoms with Crippen LogP contribution in [-0.2, 0) is 17.6 Å². The monoisotopic (exact) mass is 347 g/mol. The second-order valence-corrected chi connectivity index (χ2v) is 6.07. The van der Waals surface area contributed by atoms with Crippen LogP contribution in [-0.4, -0.2) is 25.5 Å². The first-order valence-corrected chi connectivity index (χ1v) is 8.17. The van der Waals surface area contributed by atoms with Crippen LogP contribution in [0.15, 0.2) is 48.5 Å². The SMILES string of the molecule is NCCNC(=O)C(CN)(Cc1ccccc1F)Cc1ccccc1F. The predicted molar refractivity (Wildman–Crippen MR) is 93.8 cm³/mol. The van der Waals surface area contributed by atoms with Gasteiger partial charge in [-0.3, -0.25) is 4.79 Å². The van der Waals surface area contributed by atoms with Crippen molar-refractivity contribution in [2.75, 3.05) is 19.6 Å². The van der Waals surface area contributed by atoms with Crippen LogP contribution >= 0.6 is 0 Å². The van der Waals surface area contributed by atoms with Gasteiger partial charge in [-0.15, -0.1) is 0 Å². The van der Waals surface area contributed by atoms with Gasteiger partial charge in [0.05, 0.1) is 5.41 Å². The fraction of sp³-hybridized carbons (Fsp3) is 0.316. The van der Waals surface area contributed by atoms with Crippen molar-refractivity contribution in [2.24, 2.45) is 16.9 Å². The van der Waals surface area contributed by atoms with E-state index in [9.17, 15) is 13.6 Å². The predicted octanol–water partition coefficient (Wildman–Crippen LogP) is 1.77. The average Bonchev–Trinajstić information content (AvgIpc) is 2.62. The lowest BCUT2D eigenvalue weighted by atomic mass is 9.75. The molecule has 0 heterocycles. The fourth-order valence-electron chi connectivity index (χ4n) is 2.85. The molecule has 0 atom stereocenters. The molecule has 2 aromatic carbocycles. The van der Waals surface area contributed by atoms with Gasteiger partial charge in [0.2, 0.25) is 5.91 Å². The van der Waals surface area contributed by atoms with Crippen LogP contribution in [0.2, 0.25) is 0 Å². The van der Waals surface area contributed by atoms with Crippen LogP contribution in [0, 0.1) is 17.0 Å². The Morgan fingerprint density at radius 1 is 0.920 bits per heavy atom. The summed E-state index contributed by atoms with van der Waals surface area (Å²) < 4.78 is 28.2. The van der Waals surface area contributed by atoms with Crippen LogP contribution in [0.4, 0.5) is 8.78 Å². The highest BCUT2D eigenvalue weighted by Crippen LogP contribution is 2.29. The van der Waals surface area contributed by atoms with Crippen molar-refractivity contribution >= 4 is 5.91 Å². The Morgan fingerprint density at radius 2 is 1.40 bits per heavy atom. The molecule has 134 valence electrons.